The van der Waals surface area contributed by atoms with Gasteiger partial charge in [-0.25, -0.2) is 0 Å². The van der Waals surface area contributed by atoms with Crippen LogP contribution in [0.15, 0.2) is 54.6 Å². The van der Waals surface area contributed by atoms with E-state index < -0.39 is 0 Å². The number of carbonyl (C=O) groups excluding carboxylic acids is 2. The fraction of sp³-hybridized carbons (Fsp3) is 0.440. The summed E-state index contributed by atoms with van der Waals surface area (Å²) >= 11 is 0. The second-order valence-electron chi connectivity index (χ2n) is 8.59. The molecule has 2 atom stereocenters. The van der Waals surface area contributed by atoms with E-state index in [1.165, 1.54) is 0 Å². The summed E-state index contributed by atoms with van der Waals surface area (Å²) < 4.78 is 0. The Hall–Kier alpha value is -2.66. The Kier molecular flexibility index (Phi) is 6.18. The number of hydrogen-bond donors (Lipinski definition) is 1. The van der Waals surface area contributed by atoms with Crippen LogP contribution in [0, 0.1) is 12.8 Å². The molecular weight excluding hydrogens is 376 g/mol. The zero-order valence-corrected chi connectivity index (χ0v) is 17.5. The molecule has 0 spiro atoms. The van der Waals surface area contributed by atoms with Crippen LogP contribution >= 0.6 is 0 Å². The van der Waals surface area contributed by atoms with Crippen molar-refractivity contribution >= 4 is 11.8 Å². The van der Waals surface area contributed by atoms with Gasteiger partial charge in [0, 0.05) is 43.6 Å². The second-order valence-corrected chi connectivity index (χ2v) is 8.59. The zero-order chi connectivity index (χ0) is 21.1. The predicted molar refractivity (Wildman–Crippen MR) is 116 cm³/mol. The van der Waals surface area contributed by atoms with Gasteiger partial charge in [0.2, 0.25) is 5.91 Å². The minimum Gasteiger partial charge on any atom is -0.393 e. The average Bonchev–Trinajstić information content (AvgIpc) is 2.79. The number of nitrogens with zero attached hydrogens (tertiary/aromatic N) is 2. The predicted octanol–water partition coefficient (Wildman–Crippen LogP) is 3.22. The molecule has 2 aliphatic rings. The molecule has 2 fully saturated rings. The number of carbonyl (C=O) groups is 2. The Balaban J connectivity index is 1.54. The van der Waals surface area contributed by atoms with E-state index in [0.717, 1.165) is 11.1 Å². The van der Waals surface area contributed by atoms with Gasteiger partial charge in [0.1, 0.15) is 0 Å². The van der Waals surface area contributed by atoms with Crippen molar-refractivity contribution in [3.05, 3.63) is 71.3 Å². The molecule has 2 aromatic rings. The van der Waals surface area contributed by atoms with Crippen molar-refractivity contribution in [1.29, 1.82) is 0 Å². The summed E-state index contributed by atoms with van der Waals surface area (Å²) in [5.41, 5.74) is 2.93. The van der Waals surface area contributed by atoms with E-state index in [1.54, 1.807) is 0 Å². The van der Waals surface area contributed by atoms with Gasteiger partial charge in [-0.05, 0) is 43.9 Å². The molecular formula is C25H30N2O3. The van der Waals surface area contributed by atoms with Gasteiger partial charge in [0.05, 0.1) is 6.10 Å². The SMILES string of the molecule is Cc1ccc(C(=O)N2CC[C@@H](C(=O)N3CCC(O)CC3)[C@H](c3ccccc3)C2)cc1. The molecule has 158 valence electrons. The molecule has 0 bridgehead atoms. The molecule has 1 N–H and O–H groups in total. The number of benzene rings is 2. The molecule has 2 aromatic carbocycles. The van der Waals surface area contributed by atoms with Gasteiger partial charge >= 0.3 is 0 Å². The van der Waals surface area contributed by atoms with Crippen LogP contribution in [0.25, 0.3) is 0 Å². The summed E-state index contributed by atoms with van der Waals surface area (Å²) in [6, 6.07) is 17.8. The molecule has 0 unspecified atom stereocenters. The van der Waals surface area contributed by atoms with Gasteiger partial charge in [0.25, 0.3) is 5.91 Å². The maximum absolute atomic E-state index is 13.4. The van der Waals surface area contributed by atoms with Gasteiger partial charge in [-0.15, -0.1) is 0 Å². The van der Waals surface area contributed by atoms with Crippen LogP contribution in [0.5, 0.6) is 0 Å². The highest BCUT2D eigenvalue weighted by Gasteiger charge is 2.39. The van der Waals surface area contributed by atoms with Crippen molar-refractivity contribution in [3.8, 4) is 0 Å². The minimum atomic E-state index is -0.298. The quantitative estimate of drug-likeness (QED) is 0.851. The third kappa shape index (κ3) is 4.41. The van der Waals surface area contributed by atoms with Gasteiger partial charge in [-0.1, -0.05) is 48.0 Å². The molecule has 2 aliphatic heterocycles. The largest absolute Gasteiger partial charge is 0.393 e. The molecule has 2 heterocycles. The summed E-state index contributed by atoms with van der Waals surface area (Å²) in [7, 11) is 0. The highest BCUT2D eigenvalue weighted by molar-refractivity contribution is 5.94. The third-order valence-corrected chi connectivity index (χ3v) is 6.52. The summed E-state index contributed by atoms with van der Waals surface area (Å²) in [5.74, 6) is 0.0412. The number of aliphatic hydroxyl groups excluding tert-OH is 1. The Labute approximate surface area is 178 Å². The molecule has 5 heteroatoms. The van der Waals surface area contributed by atoms with Crippen molar-refractivity contribution in [2.45, 2.75) is 38.2 Å². The van der Waals surface area contributed by atoms with Crippen LogP contribution < -0.4 is 0 Å². The van der Waals surface area contributed by atoms with Crippen LogP contribution in [-0.2, 0) is 4.79 Å². The van der Waals surface area contributed by atoms with Crippen LogP contribution in [0.3, 0.4) is 0 Å². The summed E-state index contributed by atoms with van der Waals surface area (Å²) in [4.78, 5) is 30.3. The molecule has 30 heavy (non-hydrogen) atoms. The molecule has 2 amide bonds. The molecule has 4 rings (SSSR count). The number of likely N-dealkylation sites (tertiary alicyclic amines) is 2. The summed E-state index contributed by atoms with van der Waals surface area (Å²) in [6.07, 6.45) is 1.65. The molecule has 2 saturated heterocycles. The zero-order valence-electron chi connectivity index (χ0n) is 17.5. The standard InChI is InChI=1S/C25H30N2O3/c1-18-7-9-20(10-8-18)24(29)27-16-13-22(23(17-27)19-5-3-2-4-6-19)25(30)26-14-11-21(28)12-15-26/h2-10,21-23,28H,11-17H2,1H3/t22-,23+/m1/s1. The van der Waals surface area contributed by atoms with E-state index >= 15 is 0 Å². The van der Waals surface area contributed by atoms with Gasteiger partial charge in [-0.2, -0.15) is 0 Å². The van der Waals surface area contributed by atoms with Crippen LogP contribution in [0.4, 0.5) is 0 Å². The van der Waals surface area contributed by atoms with Crippen molar-refractivity contribution in [2.75, 3.05) is 26.2 Å². The number of rotatable bonds is 3. The lowest BCUT2D eigenvalue weighted by molar-refractivity contribution is -0.139. The lowest BCUT2D eigenvalue weighted by Gasteiger charge is -2.41. The Morgan fingerprint density at radius 1 is 0.867 bits per heavy atom. The smallest absolute Gasteiger partial charge is 0.253 e. The Morgan fingerprint density at radius 3 is 2.17 bits per heavy atom. The minimum absolute atomic E-state index is 0.0197. The van der Waals surface area contributed by atoms with Crippen molar-refractivity contribution < 1.29 is 14.7 Å². The number of amides is 2. The van der Waals surface area contributed by atoms with E-state index in [0.29, 0.717) is 51.0 Å². The fourth-order valence-corrected chi connectivity index (χ4v) is 4.67. The number of piperidine rings is 2. The molecule has 0 saturated carbocycles. The highest BCUT2D eigenvalue weighted by atomic mass is 16.3. The van der Waals surface area contributed by atoms with Gasteiger partial charge in [0.15, 0.2) is 0 Å². The number of hydrogen-bond acceptors (Lipinski definition) is 3. The molecule has 0 aromatic heterocycles. The first-order valence-corrected chi connectivity index (χ1v) is 10.9. The van der Waals surface area contributed by atoms with Crippen LogP contribution in [0.1, 0.15) is 46.7 Å². The monoisotopic (exact) mass is 406 g/mol. The van der Waals surface area contributed by atoms with Crippen LogP contribution in [0.2, 0.25) is 0 Å². The number of aryl methyl sites for hydroxylation is 1. The third-order valence-electron chi connectivity index (χ3n) is 6.52. The Morgan fingerprint density at radius 2 is 1.50 bits per heavy atom. The Bertz CT molecular complexity index is 873. The second kappa shape index (κ2) is 9.00. The molecule has 0 radical (unpaired) electrons. The fourth-order valence-electron chi connectivity index (χ4n) is 4.67. The first-order valence-electron chi connectivity index (χ1n) is 10.9. The van der Waals surface area contributed by atoms with E-state index in [4.69, 9.17) is 0 Å². The highest BCUT2D eigenvalue weighted by Crippen LogP contribution is 2.35. The maximum atomic E-state index is 13.4. The molecule has 5 nitrogen and oxygen atoms in total. The first kappa shape index (κ1) is 20.6. The van der Waals surface area contributed by atoms with E-state index in [2.05, 4.69) is 12.1 Å². The van der Waals surface area contributed by atoms with E-state index in [-0.39, 0.29) is 29.8 Å². The lowest BCUT2D eigenvalue weighted by Crippen LogP contribution is -2.50. The normalized spacial score (nSPS) is 22.7. The van der Waals surface area contributed by atoms with Crippen molar-refractivity contribution in [2.24, 2.45) is 5.92 Å². The van der Waals surface area contributed by atoms with Gasteiger partial charge < -0.3 is 14.9 Å². The van der Waals surface area contributed by atoms with Crippen molar-refractivity contribution in [3.63, 3.8) is 0 Å². The topological polar surface area (TPSA) is 60.9 Å². The lowest BCUT2D eigenvalue weighted by atomic mass is 9.79. The van der Waals surface area contributed by atoms with E-state index in [1.807, 2.05) is 59.2 Å². The number of aliphatic hydroxyl groups is 1. The average molecular weight is 407 g/mol. The van der Waals surface area contributed by atoms with Crippen molar-refractivity contribution in [1.82, 2.24) is 9.80 Å². The summed E-state index contributed by atoms with van der Waals surface area (Å²) in [5, 5.41) is 9.79. The summed E-state index contributed by atoms with van der Waals surface area (Å²) in [6.45, 7) is 4.37. The van der Waals surface area contributed by atoms with Gasteiger partial charge in [-0.3, -0.25) is 9.59 Å². The maximum Gasteiger partial charge on any atom is 0.253 e. The van der Waals surface area contributed by atoms with Crippen LogP contribution in [-0.4, -0.2) is 59.0 Å². The van der Waals surface area contributed by atoms with E-state index in [9.17, 15) is 14.7 Å². The first-order chi connectivity index (χ1) is 14.5. The molecule has 0 aliphatic carbocycles.